The Morgan fingerprint density at radius 1 is 1.06 bits per heavy atom. The molecule has 0 spiro atoms. The van der Waals surface area contributed by atoms with E-state index in [4.69, 9.17) is 4.74 Å². The van der Waals surface area contributed by atoms with Gasteiger partial charge < -0.3 is 9.64 Å². The van der Waals surface area contributed by atoms with E-state index in [1.807, 2.05) is 42.5 Å². The highest BCUT2D eigenvalue weighted by Gasteiger charge is 2.54. The fourth-order valence-corrected chi connectivity index (χ4v) is 4.67. The maximum Gasteiger partial charge on any atom is 0.241 e. The Bertz CT molecular complexity index is 1240. The quantitative estimate of drug-likeness (QED) is 0.479. The zero-order valence-corrected chi connectivity index (χ0v) is 19.3. The van der Waals surface area contributed by atoms with Gasteiger partial charge in [-0.1, -0.05) is 60.7 Å². The molecule has 176 valence electrons. The molecule has 1 fully saturated rings. The van der Waals surface area contributed by atoms with Crippen LogP contribution in [0.5, 0.6) is 0 Å². The van der Waals surface area contributed by atoms with Crippen molar-refractivity contribution in [3.05, 3.63) is 83.7 Å². The van der Waals surface area contributed by atoms with Crippen molar-refractivity contribution in [3.63, 3.8) is 0 Å². The van der Waals surface area contributed by atoms with Gasteiger partial charge in [0.25, 0.3) is 0 Å². The molecule has 3 aromatic rings. The molecule has 0 bridgehead atoms. The van der Waals surface area contributed by atoms with Crippen LogP contribution in [0.15, 0.2) is 66.7 Å². The third kappa shape index (κ3) is 4.31. The molecule has 1 heterocycles. The van der Waals surface area contributed by atoms with Crippen LogP contribution >= 0.6 is 0 Å². The number of hydrogen-bond donors (Lipinski definition) is 0. The number of nitrogens with zero attached hydrogens (tertiary/aromatic N) is 2. The number of fused-ring (bicyclic) bond motifs is 1. The van der Waals surface area contributed by atoms with Gasteiger partial charge in [-0.2, -0.15) is 0 Å². The predicted molar refractivity (Wildman–Crippen MR) is 126 cm³/mol. The Morgan fingerprint density at radius 2 is 1.76 bits per heavy atom. The zero-order chi connectivity index (χ0) is 24.3. The van der Waals surface area contributed by atoms with Crippen LogP contribution in [0.1, 0.15) is 24.0 Å². The molecule has 1 saturated heterocycles. The summed E-state index contributed by atoms with van der Waals surface area (Å²) in [5.41, 5.74) is -0.551. The molecular weight excluding hydrogens is 435 g/mol. The molecule has 0 aliphatic carbocycles. The first-order valence-corrected chi connectivity index (χ1v) is 11.2. The summed E-state index contributed by atoms with van der Waals surface area (Å²) in [5, 5.41) is 2.10. The second kappa shape index (κ2) is 9.73. The summed E-state index contributed by atoms with van der Waals surface area (Å²) in [6.07, 6.45) is -0.562. The second-order valence-electron chi connectivity index (χ2n) is 8.65. The number of carbonyl (C=O) groups excluding carboxylic acids is 3. The molecule has 0 radical (unpaired) electrons. The van der Waals surface area contributed by atoms with Crippen molar-refractivity contribution in [3.8, 4) is 0 Å². The van der Waals surface area contributed by atoms with Crippen LogP contribution < -0.4 is 0 Å². The molecule has 1 aliphatic rings. The molecule has 1 unspecified atom stereocenters. The molecule has 3 amide bonds. The van der Waals surface area contributed by atoms with Crippen LogP contribution in [0.4, 0.5) is 4.39 Å². The fraction of sp³-hybridized carbons (Fsp3) is 0.296. The number of rotatable bonds is 8. The Balaban J connectivity index is 1.64. The molecular formula is C27H27FN2O4. The maximum atomic E-state index is 14.9. The van der Waals surface area contributed by atoms with Gasteiger partial charge in [0.05, 0.1) is 18.6 Å². The Hall–Kier alpha value is -3.58. The summed E-state index contributed by atoms with van der Waals surface area (Å²) in [6, 6.07) is 19.7. The van der Waals surface area contributed by atoms with Gasteiger partial charge in [-0.3, -0.25) is 19.3 Å². The number of methoxy groups -OCH3 is 1. The fourth-order valence-electron chi connectivity index (χ4n) is 4.67. The number of imide groups is 1. The van der Waals surface area contributed by atoms with E-state index in [1.165, 1.54) is 30.2 Å². The molecule has 0 aromatic heterocycles. The van der Waals surface area contributed by atoms with E-state index in [0.29, 0.717) is 6.54 Å². The first-order chi connectivity index (χ1) is 16.4. The van der Waals surface area contributed by atoms with E-state index in [-0.39, 0.29) is 37.5 Å². The molecule has 7 heteroatoms. The summed E-state index contributed by atoms with van der Waals surface area (Å²) in [5.74, 6) is -1.95. The molecule has 4 rings (SSSR count). The van der Waals surface area contributed by atoms with Gasteiger partial charge in [0, 0.05) is 39.1 Å². The number of halogens is 1. The van der Waals surface area contributed by atoms with Gasteiger partial charge in [-0.15, -0.1) is 0 Å². The van der Waals surface area contributed by atoms with Gasteiger partial charge in [0.15, 0.2) is 0 Å². The number of benzene rings is 3. The molecule has 0 N–H and O–H groups in total. The number of carbonyl (C=O) groups is 3. The van der Waals surface area contributed by atoms with E-state index in [9.17, 15) is 18.8 Å². The number of likely N-dealkylation sites (tertiary alicyclic amines) is 1. The van der Waals surface area contributed by atoms with Crippen molar-refractivity contribution in [2.75, 3.05) is 27.3 Å². The average molecular weight is 463 g/mol. The van der Waals surface area contributed by atoms with E-state index in [0.717, 1.165) is 21.2 Å². The summed E-state index contributed by atoms with van der Waals surface area (Å²) in [6.45, 7) is 0.549. The molecule has 6 nitrogen and oxygen atoms in total. The number of amides is 3. The van der Waals surface area contributed by atoms with Crippen LogP contribution in [0.25, 0.3) is 10.8 Å². The molecule has 1 aliphatic heterocycles. The van der Waals surface area contributed by atoms with Crippen molar-refractivity contribution < 1.29 is 23.5 Å². The minimum Gasteiger partial charge on any atom is -0.383 e. The third-order valence-corrected chi connectivity index (χ3v) is 6.48. The SMILES string of the molecule is COCCN1C(=O)CC(CC(=O)N(C)Cc2cccc3ccccc23)(c2ccccc2F)C1=O. The lowest BCUT2D eigenvalue weighted by Crippen LogP contribution is -2.43. The highest BCUT2D eigenvalue weighted by molar-refractivity contribution is 6.10. The van der Waals surface area contributed by atoms with Crippen molar-refractivity contribution in [1.82, 2.24) is 9.80 Å². The minimum absolute atomic E-state index is 0.0599. The molecule has 1 atom stereocenters. The van der Waals surface area contributed by atoms with Crippen molar-refractivity contribution in [2.24, 2.45) is 0 Å². The van der Waals surface area contributed by atoms with E-state index < -0.39 is 23.0 Å². The van der Waals surface area contributed by atoms with Crippen molar-refractivity contribution in [2.45, 2.75) is 24.8 Å². The molecule has 3 aromatic carbocycles. The normalized spacial score (nSPS) is 18.0. The van der Waals surface area contributed by atoms with Crippen LogP contribution in [-0.2, 0) is 31.1 Å². The van der Waals surface area contributed by atoms with Crippen LogP contribution in [0.2, 0.25) is 0 Å². The maximum absolute atomic E-state index is 14.9. The topological polar surface area (TPSA) is 66.9 Å². The lowest BCUT2D eigenvalue weighted by atomic mass is 9.75. The Labute approximate surface area is 197 Å². The third-order valence-electron chi connectivity index (χ3n) is 6.48. The van der Waals surface area contributed by atoms with Gasteiger partial charge in [0.1, 0.15) is 5.82 Å². The predicted octanol–water partition coefficient (Wildman–Crippen LogP) is 3.67. The number of ether oxygens (including phenoxy) is 1. The average Bonchev–Trinajstić information content (AvgIpc) is 3.07. The summed E-state index contributed by atoms with van der Waals surface area (Å²) in [7, 11) is 3.13. The van der Waals surface area contributed by atoms with Gasteiger partial charge in [-0.25, -0.2) is 4.39 Å². The van der Waals surface area contributed by atoms with E-state index >= 15 is 0 Å². The Kier molecular flexibility index (Phi) is 6.75. The molecule has 34 heavy (non-hydrogen) atoms. The second-order valence-corrected chi connectivity index (χ2v) is 8.65. The van der Waals surface area contributed by atoms with Crippen LogP contribution in [0, 0.1) is 5.82 Å². The van der Waals surface area contributed by atoms with Crippen LogP contribution in [0.3, 0.4) is 0 Å². The molecule has 0 saturated carbocycles. The van der Waals surface area contributed by atoms with E-state index in [2.05, 4.69) is 0 Å². The number of hydrogen-bond acceptors (Lipinski definition) is 4. The van der Waals surface area contributed by atoms with Crippen LogP contribution in [-0.4, -0.2) is 54.8 Å². The Morgan fingerprint density at radius 3 is 2.53 bits per heavy atom. The standard InChI is InChI=1S/C27H27FN2O4/c1-29(18-20-10-7-9-19-8-3-4-11-21(19)20)24(31)16-27(22-12-5-6-13-23(22)28)17-25(32)30(26(27)33)14-15-34-2/h3-13H,14-18H2,1-2H3. The summed E-state index contributed by atoms with van der Waals surface area (Å²) >= 11 is 0. The lowest BCUT2D eigenvalue weighted by molar-refractivity contribution is -0.143. The van der Waals surface area contributed by atoms with Gasteiger partial charge in [-0.05, 0) is 22.4 Å². The van der Waals surface area contributed by atoms with Crippen molar-refractivity contribution >= 4 is 28.5 Å². The van der Waals surface area contributed by atoms with Crippen molar-refractivity contribution in [1.29, 1.82) is 0 Å². The van der Waals surface area contributed by atoms with Gasteiger partial charge >= 0.3 is 0 Å². The largest absolute Gasteiger partial charge is 0.383 e. The first-order valence-electron chi connectivity index (χ1n) is 11.2. The summed E-state index contributed by atoms with van der Waals surface area (Å²) in [4.78, 5) is 42.3. The van der Waals surface area contributed by atoms with Gasteiger partial charge in [0.2, 0.25) is 17.7 Å². The minimum atomic E-state index is -1.58. The lowest BCUT2D eigenvalue weighted by Gasteiger charge is -2.29. The smallest absolute Gasteiger partial charge is 0.241 e. The highest BCUT2D eigenvalue weighted by Crippen LogP contribution is 2.41. The highest BCUT2D eigenvalue weighted by atomic mass is 19.1. The summed E-state index contributed by atoms with van der Waals surface area (Å²) < 4.78 is 19.9. The first kappa shape index (κ1) is 23.6. The monoisotopic (exact) mass is 462 g/mol. The van der Waals surface area contributed by atoms with E-state index in [1.54, 1.807) is 13.1 Å². The zero-order valence-electron chi connectivity index (χ0n) is 19.3.